The number of nitroso groups, excluding NO2 is 1. The summed E-state index contributed by atoms with van der Waals surface area (Å²) >= 11 is 7.87. The van der Waals surface area contributed by atoms with E-state index in [1.165, 1.54) is 0 Å². The number of phenols is 1. The standard InChI is InChI=1S/C24H30ClNO5S/c1-2-6-19-21(10-9-18(24(19)29)7-3-4-12-26-30)31-13-5-14-32-22-11-8-17(15-20(22)25)16-23(27)28/h8-11,15,29H,2-7,12-14,16H2,1H3,(H,27,28). The average molecular weight is 480 g/mol. The Balaban J connectivity index is 1.87. The molecule has 0 spiro atoms. The number of halogens is 1. The number of hydrogen-bond acceptors (Lipinski definition) is 6. The van der Waals surface area contributed by atoms with Crippen LogP contribution in [-0.4, -0.2) is 35.1 Å². The van der Waals surface area contributed by atoms with E-state index >= 15 is 0 Å². The van der Waals surface area contributed by atoms with E-state index in [0.29, 0.717) is 48.1 Å². The lowest BCUT2D eigenvalue weighted by atomic mass is 10.00. The summed E-state index contributed by atoms with van der Waals surface area (Å²) < 4.78 is 5.97. The number of carboxylic acids is 1. The molecule has 0 heterocycles. The maximum atomic E-state index is 10.8. The highest BCUT2D eigenvalue weighted by Gasteiger charge is 2.13. The third-order valence-electron chi connectivity index (χ3n) is 4.92. The highest BCUT2D eigenvalue weighted by molar-refractivity contribution is 7.99. The van der Waals surface area contributed by atoms with Gasteiger partial charge in [0.1, 0.15) is 11.5 Å². The van der Waals surface area contributed by atoms with Gasteiger partial charge in [0.2, 0.25) is 0 Å². The van der Waals surface area contributed by atoms with Crippen LogP contribution in [0.5, 0.6) is 11.5 Å². The number of aromatic hydroxyl groups is 1. The van der Waals surface area contributed by atoms with Gasteiger partial charge in [-0.1, -0.05) is 42.3 Å². The molecule has 0 aliphatic heterocycles. The molecule has 0 unspecified atom stereocenters. The Labute approximate surface area is 198 Å². The SMILES string of the molecule is CCCc1c(OCCCSc2ccc(CC(=O)O)cc2Cl)ccc(CCCCN=O)c1O. The lowest BCUT2D eigenvalue weighted by molar-refractivity contribution is -0.136. The van der Waals surface area contributed by atoms with E-state index in [4.69, 9.17) is 21.4 Å². The van der Waals surface area contributed by atoms with Gasteiger partial charge < -0.3 is 14.9 Å². The van der Waals surface area contributed by atoms with Crippen LogP contribution in [-0.2, 0) is 24.1 Å². The maximum Gasteiger partial charge on any atom is 0.307 e. The summed E-state index contributed by atoms with van der Waals surface area (Å²) in [5, 5.41) is 23.0. The molecule has 0 fully saturated rings. The van der Waals surface area contributed by atoms with E-state index in [1.807, 2.05) is 18.2 Å². The molecule has 6 nitrogen and oxygen atoms in total. The van der Waals surface area contributed by atoms with Crippen molar-refractivity contribution in [2.75, 3.05) is 18.9 Å². The van der Waals surface area contributed by atoms with Crippen LogP contribution in [0, 0.1) is 4.91 Å². The van der Waals surface area contributed by atoms with Crippen LogP contribution >= 0.6 is 23.4 Å². The first kappa shape index (κ1) is 26.0. The molecule has 0 bridgehead atoms. The van der Waals surface area contributed by atoms with Gasteiger partial charge in [-0.2, -0.15) is 4.91 Å². The zero-order chi connectivity index (χ0) is 23.3. The van der Waals surface area contributed by atoms with Gasteiger partial charge in [-0.25, -0.2) is 0 Å². The molecule has 8 heteroatoms. The zero-order valence-corrected chi connectivity index (χ0v) is 19.9. The number of carbonyl (C=O) groups is 1. The van der Waals surface area contributed by atoms with Gasteiger partial charge >= 0.3 is 5.97 Å². The van der Waals surface area contributed by atoms with Gasteiger partial charge in [-0.05, 0) is 61.4 Å². The molecular formula is C24H30ClNO5S. The topological polar surface area (TPSA) is 96.2 Å². The molecule has 2 aromatic carbocycles. The molecule has 0 aromatic heterocycles. The molecule has 0 saturated heterocycles. The second-order valence-corrected chi connectivity index (χ2v) is 9.04. The second-order valence-electron chi connectivity index (χ2n) is 7.50. The van der Waals surface area contributed by atoms with Crippen molar-refractivity contribution in [1.29, 1.82) is 0 Å². The second kappa shape index (κ2) is 14.0. The van der Waals surface area contributed by atoms with Crippen molar-refractivity contribution in [3.05, 3.63) is 57.0 Å². The number of phenolic OH excluding ortho intramolecular Hbond substituents is 1. The van der Waals surface area contributed by atoms with E-state index < -0.39 is 5.97 Å². The van der Waals surface area contributed by atoms with Crippen molar-refractivity contribution in [2.24, 2.45) is 5.18 Å². The summed E-state index contributed by atoms with van der Waals surface area (Å²) in [5.41, 5.74) is 2.40. The predicted molar refractivity (Wildman–Crippen MR) is 129 cm³/mol. The monoisotopic (exact) mass is 479 g/mol. The lowest BCUT2D eigenvalue weighted by Crippen LogP contribution is -2.03. The number of ether oxygens (including phenoxy) is 1. The van der Waals surface area contributed by atoms with Crippen molar-refractivity contribution < 1.29 is 19.7 Å². The first-order valence-electron chi connectivity index (χ1n) is 10.8. The number of aryl methyl sites for hydroxylation is 1. The Morgan fingerprint density at radius 3 is 2.66 bits per heavy atom. The van der Waals surface area contributed by atoms with Crippen LogP contribution in [0.3, 0.4) is 0 Å². The van der Waals surface area contributed by atoms with Crippen LogP contribution in [0.15, 0.2) is 40.4 Å². The Bertz CT molecular complexity index is 906. The molecule has 0 saturated carbocycles. The molecule has 0 aliphatic rings. The minimum absolute atomic E-state index is 0.0415. The number of rotatable bonds is 15. The molecule has 0 aliphatic carbocycles. The smallest absolute Gasteiger partial charge is 0.307 e. The van der Waals surface area contributed by atoms with Crippen molar-refractivity contribution in [3.8, 4) is 11.5 Å². The fourth-order valence-corrected chi connectivity index (χ4v) is 4.57. The quantitative estimate of drug-likeness (QED) is 0.177. The van der Waals surface area contributed by atoms with Crippen LogP contribution in [0.4, 0.5) is 0 Å². The predicted octanol–water partition coefficient (Wildman–Crippen LogP) is 6.28. The summed E-state index contributed by atoms with van der Waals surface area (Å²) in [6, 6.07) is 9.16. The van der Waals surface area contributed by atoms with E-state index in [1.54, 1.807) is 23.9 Å². The zero-order valence-electron chi connectivity index (χ0n) is 18.3. The van der Waals surface area contributed by atoms with Gasteiger partial charge in [0.15, 0.2) is 0 Å². The summed E-state index contributed by atoms with van der Waals surface area (Å²) in [5.74, 6) is 0.931. The molecule has 174 valence electrons. The minimum atomic E-state index is -0.879. The van der Waals surface area contributed by atoms with Crippen LogP contribution in [0.1, 0.15) is 49.3 Å². The molecule has 2 rings (SSSR count). The van der Waals surface area contributed by atoms with Gasteiger partial charge in [-0.3, -0.25) is 4.79 Å². The van der Waals surface area contributed by atoms with Crippen LogP contribution < -0.4 is 4.74 Å². The van der Waals surface area contributed by atoms with E-state index in [-0.39, 0.29) is 6.42 Å². The molecule has 0 atom stereocenters. The molecule has 0 amide bonds. The number of carboxylic acid groups (broad SMARTS) is 1. The third-order valence-corrected chi connectivity index (χ3v) is 6.51. The molecular weight excluding hydrogens is 450 g/mol. The van der Waals surface area contributed by atoms with Crippen molar-refractivity contribution in [2.45, 2.75) is 56.8 Å². The Morgan fingerprint density at radius 2 is 1.97 bits per heavy atom. The van der Waals surface area contributed by atoms with Gasteiger partial charge in [0.25, 0.3) is 0 Å². The van der Waals surface area contributed by atoms with Gasteiger partial charge in [0, 0.05) is 16.2 Å². The minimum Gasteiger partial charge on any atom is -0.507 e. The first-order chi connectivity index (χ1) is 15.5. The normalized spacial score (nSPS) is 10.8. The van der Waals surface area contributed by atoms with Crippen LogP contribution in [0.25, 0.3) is 0 Å². The number of aliphatic carboxylic acids is 1. The third kappa shape index (κ3) is 8.36. The summed E-state index contributed by atoms with van der Waals surface area (Å²) in [6.07, 6.45) is 4.62. The van der Waals surface area contributed by atoms with Crippen molar-refractivity contribution in [3.63, 3.8) is 0 Å². The fraction of sp³-hybridized carbons (Fsp3) is 0.458. The molecule has 2 aromatic rings. The highest BCUT2D eigenvalue weighted by atomic mass is 35.5. The molecule has 0 radical (unpaired) electrons. The Hall–Kier alpha value is -2.25. The van der Waals surface area contributed by atoms with Crippen molar-refractivity contribution >= 4 is 29.3 Å². The van der Waals surface area contributed by atoms with Crippen molar-refractivity contribution in [1.82, 2.24) is 0 Å². The van der Waals surface area contributed by atoms with Crippen LogP contribution in [0.2, 0.25) is 5.02 Å². The Kier molecular flexibility index (Phi) is 11.4. The summed E-state index contributed by atoms with van der Waals surface area (Å²) in [7, 11) is 0. The summed E-state index contributed by atoms with van der Waals surface area (Å²) in [6.45, 7) is 2.88. The first-order valence-corrected chi connectivity index (χ1v) is 12.2. The largest absolute Gasteiger partial charge is 0.507 e. The number of thioether (sulfide) groups is 1. The fourth-order valence-electron chi connectivity index (χ4n) is 3.36. The maximum absolute atomic E-state index is 10.8. The molecule has 2 N–H and O–H groups in total. The van der Waals surface area contributed by atoms with Gasteiger partial charge in [0.05, 0.1) is 24.6 Å². The number of unbranched alkanes of at least 4 members (excludes halogenated alkanes) is 1. The van der Waals surface area contributed by atoms with E-state index in [9.17, 15) is 14.8 Å². The summed E-state index contributed by atoms with van der Waals surface area (Å²) in [4.78, 5) is 21.9. The number of hydrogen-bond donors (Lipinski definition) is 2. The lowest BCUT2D eigenvalue weighted by Gasteiger charge is -2.15. The Morgan fingerprint density at radius 1 is 1.16 bits per heavy atom. The van der Waals surface area contributed by atoms with E-state index in [2.05, 4.69) is 12.1 Å². The number of benzene rings is 2. The highest BCUT2D eigenvalue weighted by Crippen LogP contribution is 2.34. The molecule has 32 heavy (non-hydrogen) atoms. The van der Waals surface area contributed by atoms with E-state index in [0.717, 1.165) is 47.5 Å². The number of nitrogens with zero attached hydrogens (tertiary/aromatic N) is 1. The average Bonchev–Trinajstić information content (AvgIpc) is 2.75. The van der Waals surface area contributed by atoms with Gasteiger partial charge in [-0.15, -0.1) is 11.8 Å².